The van der Waals surface area contributed by atoms with Crippen LogP contribution in [0.4, 0.5) is 0 Å². The van der Waals surface area contributed by atoms with E-state index in [4.69, 9.17) is 22.4 Å². The molecule has 0 saturated carbocycles. The molecule has 0 aromatic carbocycles. The van der Waals surface area contributed by atoms with Crippen molar-refractivity contribution < 1.29 is 9.90 Å². The number of hydrogen-bond acceptors (Lipinski definition) is 3. The zero-order chi connectivity index (χ0) is 9.19. The van der Waals surface area contributed by atoms with Crippen molar-refractivity contribution >= 4 is 17.6 Å². The Morgan fingerprint density at radius 2 is 2.50 bits per heavy atom. The third-order valence-electron chi connectivity index (χ3n) is 1.54. The SMILES string of the molecule is NCC1=CNC(Cl)(C(=O)O)C=C1. The van der Waals surface area contributed by atoms with Gasteiger partial charge in [0.1, 0.15) is 0 Å². The molecule has 0 aromatic heterocycles. The van der Waals surface area contributed by atoms with Gasteiger partial charge in [0.2, 0.25) is 5.00 Å². The number of nitrogens with two attached hydrogens (primary N) is 1. The Balaban J connectivity index is 2.76. The summed E-state index contributed by atoms with van der Waals surface area (Å²) >= 11 is 5.65. The fourth-order valence-electron chi connectivity index (χ4n) is 0.776. The lowest BCUT2D eigenvalue weighted by atomic mass is 10.1. The number of dihydropyridines is 1. The number of nitrogens with one attached hydrogen (secondary N) is 1. The van der Waals surface area contributed by atoms with Gasteiger partial charge in [0.25, 0.3) is 0 Å². The van der Waals surface area contributed by atoms with E-state index in [2.05, 4.69) is 5.32 Å². The average Bonchev–Trinajstić information content (AvgIpc) is 2.06. The van der Waals surface area contributed by atoms with Gasteiger partial charge in [0.15, 0.2) is 0 Å². The minimum absolute atomic E-state index is 0.357. The van der Waals surface area contributed by atoms with Gasteiger partial charge in [-0.15, -0.1) is 0 Å². The molecule has 1 atom stereocenters. The number of carboxylic acids is 1. The van der Waals surface area contributed by atoms with Crippen LogP contribution in [0, 0.1) is 0 Å². The largest absolute Gasteiger partial charge is 0.478 e. The minimum Gasteiger partial charge on any atom is -0.478 e. The normalized spacial score (nSPS) is 27.7. The van der Waals surface area contributed by atoms with Gasteiger partial charge in [-0.05, 0) is 11.6 Å². The molecule has 0 saturated heterocycles. The molecule has 4 N–H and O–H groups in total. The van der Waals surface area contributed by atoms with Crippen LogP contribution in [-0.4, -0.2) is 22.6 Å². The highest BCUT2D eigenvalue weighted by molar-refractivity contribution is 6.35. The Bertz CT molecular complexity index is 262. The summed E-state index contributed by atoms with van der Waals surface area (Å²) in [7, 11) is 0. The van der Waals surface area contributed by atoms with Crippen LogP contribution in [0.5, 0.6) is 0 Å². The summed E-state index contributed by atoms with van der Waals surface area (Å²) in [5.41, 5.74) is 6.13. The summed E-state index contributed by atoms with van der Waals surface area (Å²) in [5.74, 6) is -1.13. The smallest absolute Gasteiger partial charge is 0.349 e. The molecule has 0 fully saturated rings. The first kappa shape index (κ1) is 9.09. The second kappa shape index (κ2) is 3.16. The van der Waals surface area contributed by atoms with E-state index in [9.17, 15) is 4.79 Å². The van der Waals surface area contributed by atoms with Crippen molar-refractivity contribution in [2.24, 2.45) is 5.73 Å². The van der Waals surface area contributed by atoms with E-state index in [1.807, 2.05) is 0 Å². The van der Waals surface area contributed by atoms with Gasteiger partial charge >= 0.3 is 5.97 Å². The Morgan fingerprint density at radius 1 is 1.83 bits per heavy atom. The van der Waals surface area contributed by atoms with Crippen molar-refractivity contribution in [2.45, 2.75) is 5.00 Å². The molecule has 1 heterocycles. The fourth-order valence-corrected chi connectivity index (χ4v) is 0.893. The maximum absolute atomic E-state index is 10.6. The van der Waals surface area contributed by atoms with Crippen LogP contribution in [-0.2, 0) is 4.79 Å². The number of carbonyl (C=O) groups is 1. The third-order valence-corrected chi connectivity index (χ3v) is 1.94. The molecule has 0 amide bonds. The fraction of sp³-hybridized carbons (Fsp3) is 0.286. The van der Waals surface area contributed by atoms with E-state index >= 15 is 0 Å². The predicted octanol–water partition coefficient (Wildman–Crippen LogP) is 0.00810. The lowest BCUT2D eigenvalue weighted by Gasteiger charge is -2.22. The Kier molecular flexibility index (Phi) is 2.40. The molecule has 1 unspecified atom stereocenters. The second-order valence-electron chi connectivity index (χ2n) is 2.42. The molecular formula is C7H9ClN2O2. The molecule has 0 aromatic rings. The van der Waals surface area contributed by atoms with Gasteiger partial charge in [-0.3, -0.25) is 0 Å². The molecule has 4 nitrogen and oxygen atoms in total. The average molecular weight is 189 g/mol. The third kappa shape index (κ3) is 1.60. The van der Waals surface area contributed by atoms with Gasteiger partial charge in [-0.25, -0.2) is 4.79 Å². The molecule has 0 radical (unpaired) electrons. The van der Waals surface area contributed by atoms with Crippen molar-refractivity contribution in [1.29, 1.82) is 0 Å². The zero-order valence-corrected chi connectivity index (χ0v) is 7.01. The lowest BCUT2D eigenvalue weighted by molar-refractivity contribution is -0.139. The van der Waals surface area contributed by atoms with Crippen molar-refractivity contribution in [3.8, 4) is 0 Å². The monoisotopic (exact) mass is 188 g/mol. The summed E-state index contributed by atoms with van der Waals surface area (Å²) in [6, 6.07) is 0. The van der Waals surface area contributed by atoms with Crippen LogP contribution in [0.1, 0.15) is 0 Å². The van der Waals surface area contributed by atoms with E-state index < -0.39 is 11.0 Å². The van der Waals surface area contributed by atoms with Gasteiger partial charge in [-0.2, -0.15) is 0 Å². The highest BCUT2D eigenvalue weighted by Gasteiger charge is 2.33. The standard InChI is InChI=1S/C7H9ClN2O2/c8-7(6(11)12)2-1-5(3-9)4-10-7/h1-2,4,10H,3,9H2,(H,11,12). The Hall–Kier alpha value is -1.00. The van der Waals surface area contributed by atoms with Gasteiger partial charge < -0.3 is 16.2 Å². The van der Waals surface area contributed by atoms with E-state index in [0.717, 1.165) is 5.57 Å². The summed E-state index contributed by atoms with van der Waals surface area (Å²) < 4.78 is 0. The number of alkyl halides is 1. The summed E-state index contributed by atoms with van der Waals surface area (Å²) in [4.78, 5) is 9.05. The molecule has 1 rings (SSSR count). The topological polar surface area (TPSA) is 75.3 Å². The van der Waals surface area contributed by atoms with Crippen LogP contribution >= 0.6 is 11.6 Å². The maximum Gasteiger partial charge on any atom is 0.349 e. The molecule has 1 aliphatic rings. The highest BCUT2D eigenvalue weighted by Crippen LogP contribution is 2.18. The number of aliphatic carboxylic acids is 1. The quantitative estimate of drug-likeness (QED) is 0.422. The Labute approximate surface area is 74.7 Å². The molecular weight excluding hydrogens is 180 g/mol. The molecule has 0 bridgehead atoms. The van der Waals surface area contributed by atoms with Crippen molar-refractivity contribution in [2.75, 3.05) is 6.54 Å². The van der Waals surface area contributed by atoms with Crippen molar-refractivity contribution in [1.82, 2.24) is 5.32 Å². The number of hydrogen-bond donors (Lipinski definition) is 3. The first-order chi connectivity index (χ1) is 5.58. The van der Waals surface area contributed by atoms with E-state index in [1.54, 1.807) is 6.08 Å². The first-order valence-electron chi connectivity index (χ1n) is 3.37. The van der Waals surface area contributed by atoms with Gasteiger partial charge in [0, 0.05) is 12.7 Å². The number of rotatable bonds is 2. The molecule has 66 valence electrons. The zero-order valence-electron chi connectivity index (χ0n) is 6.25. The summed E-state index contributed by atoms with van der Waals surface area (Å²) in [5, 5.41) is 11.2. The molecule has 0 spiro atoms. The number of halogens is 1. The van der Waals surface area contributed by atoms with Crippen LogP contribution in [0.3, 0.4) is 0 Å². The first-order valence-corrected chi connectivity index (χ1v) is 3.74. The van der Waals surface area contributed by atoms with Crippen LogP contribution in [0.15, 0.2) is 23.9 Å². The molecule has 0 aliphatic carbocycles. The second-order valence-corrected chi connectivity index (χ2v) is 3.01. The summed E-state index contributed by atoms with van der Waals surface area (Å²) in [6.07, 6.45) is 4.46. The lowest BCUT2D eigenvalue weighted by Crippen LogP contribution is -2.44. The highest BCUT2D eigenvalue weighted by atomic mass is 35.5. The van der Waals surface area contributed by atoms with Gasteiger partial charge in [-0.1, -0.05) is 17.7 Å². The van der Waals surface area contributed by atoms with Crippen molar-refractivity contribution in [3.05, 3.63) is 23.9 Å². The van der Waals surface area contributed by atoms with E-state index in [1.165, 1.54) is 12.3 Å². The van der Waals surface area contributed by atoms with Crippen LogP contribution in [0.25, 0.3) is 0 Å². The van der Waals surface area contributed by atoms with Crippen LogP contribution in [0.2, 0.25) is 0 Å². The predicted molar refractivity (Wildman–Crippen MR) is 45.6 cm³/mol. The molecule has 12 heavy (non-hydrogen) atoms. The minimum atomic E-state index is -1.52. The molecule has 1 aliphatic heterocycles. The van der Waals surface area contributed by atoms with Crippen LogP contribution < -0.4 is 11.1 Å². The maximum atomic E-state index is 10.6. The van der Waals surface area contributed by atoms with E-state index in [0.29, 0.717) is 6.54 Å². The van der Waals surface area contributed by atoms with Gasteiger partial charge in [0.05, 0.1) is 0 Å². The van der Waals surface area contributed by atoms with Crippen molar-refractivity contribution in [3.63, 3.8) is 0 Å². The summed E-state index contributed by atoms with van der Waals surface area (Å²) in [6.45, 7) is 0.357. The molecule has 5 heteroatoms. The Morgan fingerprint density at radius 3 is 2.83 bits per heavy atom. The van der Waals surface area contributed by atoms with E-state index in [-0.39, 0.29) is 0 Å². The number of carboxylic acid groups (broad SMARTS) is 1.